The summed E-state index contributed by atoms with van der Waals surface area (Å²) in [4.78, 5) is 26.4. The van der Waals surface area contributed by atoms with Crippen molar-refractivity contribution in [3.05, 3.63) is 53.4 Å². The normalized spacial score (nSPS) is 10.3. The topological polar surface area (TPSA) is 112 Å². The Kier molecular flexibility index (Phi) is 4.85. The summed E-state index contributed by atoms with van der Waals surface area (Å²) >= 11 is 1.38. The van der Waals surface area contributed by atoms with Gasteiger partial charge < -0.3 is 20.8 Å². The Hall–Kier alpha value is -3.39. The number of rotatable bonds is 5. The van der Waals surface area contributed by atoms with E-state index in [2.05, 4.69) is 15.6 Å². The first-order chi connectivity index (χ1) is 12.4. The minimum Gasteiger partial charge on any atom is -0.507 e. The smallest absolute Gasteiger partial charge is 0.339 e. The van der Waals surface area contributed by atoms with Gasteiger partial charge in [-0.1, -0.05) is 12.1 Å². The molecule has 1 amide bonds. The van der Waals surface area contributed by atoms with Crippen molar-refractivity contribution in [1.82, 2.24) is 4.98 Å². The molecule has 0 saturated carbocycles. The van der Waals surface area contributed by atoms with Crippen LogP contribution < -0.4 is 10.6 Å². The SMILES string of the molecule is CC(=O)Nc1ccc(-c2csc(Nc3ccc(C(=O)O)c(O)c3)n2)cc1. The molecule has 0 atom stereocenters. The first kappa shape index (κ1) is 17.4. The maximum Gasteiger partial charge on any atom is 0.339 e. The highest BCUT2D eigenvalue weighted by atomic mass is 32.1. The Bertz CT molecular complexity index is 967. The summed E-state index contributed by atoms with van der Waals surface area (Å²) in [6.07, 6.45) is 0. The fourth-order valence-electron chi connectivity index (χ4n) is 2.31. The van der Waals surface area contributed by atoms with Crippen LogP contribution in [0.2, 0.25) is 0 Å². The highest BCUT2D eigenvalue weighted by molar-refractivity contribution is 7.14. The van der Waals surface area contributed by atoms with Crippen molar-refractivity contribution in [1.29, 1.82) is 0 Å². The van der Waals surface area contributed by atoms with Crippen LogP contribution in [0, 0.1) is 0 Å². The molecule has 3 rings (SSSR count). The van der Waals surface area contributed by atoms with Gasteiger partial charge in [0, 0.05) is 35.3 Å². The average molecular weight is 369 g/mol. The van der Waals surface area contributed by atoms with Gasteiger partial charge in [-0.25, -0.2) is 9.78 Å². The molecule has 8 heteroatoms. The third-order valence-electron chi connectivity index (χ3n) is 3.48. The number of nitrogens with zero attached hydrogens (tertiary/aromatic N) is 1. The predicted molar refractivity (Wildman–Crippen MR) is 100 cm³/mol. The second-order valence-electron chi connectivity index (χ2n) is 5.46. The Balaban J connectivity index is 1.74. The summed E-state index contributed by atoms with van der Waals surface area (Å²) in [5, 5.41) is 26.9. The van der Waals surface area contributed by atoms with Crippen molar-refractivity contribution in [2.24, 2.45) is 0 Å². The van der Waals surface area contributed by atoms with E-state index in [0.717, 1.165) is 11.3 Å². The fraction of sp³-hybridized carbons (Fsp3) is 0.0556. The molecule has 1 aromatic heterocycles. The fourth-order valence-corrected chi connectivity index (χ4v) is 3.04. The minimum absolute atomic E-state index is 0.130. The number of anilines is 3. The molecule has 0 saturated heterocycles. The second kappa shape index (κ2) is 7.24. The molecule has 1 heterocycles. The van der Waals surface area contributed by atoms with Crippen molar-refractivity contribution in [3.8, 4) is 17.0 Å². The standard InChI is InChI=1S/C18H15N3O4S/c1-10(22)19-12-4-2-11(3-5-12)15-9-26-18(21-15)20-13-6-7-14(17(24)25)16(23)8-13/h2-9,23H,1H3,(H,19,22)(H,20,21)(H,24,25). The van der Waals surface area contributed by atoms with E-state index in [-0.39, 0.29) is 17.2 Å². The van der Waals surface area contributed by atoms with E-state index in [4.69, 9.17) is 5.11 Å². The van der Waals surface area contributed by atoms with E-state index < -0.39 is 5.97 Å². The molecule has 2 aromatic carbocycles. The average Bonchev–Trinajstić information content (AvgIpc) is 3.03. The van der Waals surface area contributed by atoms with Crippen LogP contribution in [-0.2, 0) is 4.79 Å². The molecule has 0 aliphatic heterocycles. The van der Waals surface area contributed by atoms with Crippen LogP contribution in [0.3, 0.4) is 0 Å². The largest absolute Gasteiger partial charge is 0.507 e. The number of hydrogen-bond acceptors (Lipinski definition) is 6. The van der Waals surface area contributed by atoms with Gasteiger partial charge in [0.2, 0.25) is 5.91 Å². The Morgan fingerprint density at radius 2 is 1.77 bits per heavy atom. The van der Waals surface area contributed by atoms with E-state index in [1.54, 1.807) is 18.2 Å². The molecule has 7 nitrogen and oxygen atoms in total. The first-order valence-corrected chi connectivity index (χ1v) is 8.47. The van der Waals surface area contributed by atoms with Gasteiger partial charge in [0.1, 0.15) is 11.3 Å². The maximum absolute atomic E-state index is 11.0. The highest BCUT2D eigenvalue weighted by Gasteiger charge is 2.11. The quantitative estimate of drug-likeness (QED) is 0.542. The minimum atomic E-state index is -1.19. The molecule has 0 bridgehead atoms. The molecule has 3 aromatic rings. The molecule has 0 fully saturated rings. The van der Waals surface area contributed by atoms with Gasteiger partial charge in [0.25, 0.3) is 0 Å². The lowest BCUT2D eigenvalue weighted by molar-refractivity contribution is -0.114. The van der Waals surface area contributed by atoms with E-state index in [1.807, 2.05) is 17.5 Å². The van der Waals surface area contributed by atoms with Crippen molar-refractivity contribution in [3.63, 3.8) is 0 Å². The molecule has 4 N–H and O–H groups in total. The van der Waals surface area contributed by atoms with Crippen molar-refractivity contribution in [2.75, 3.05) is 10.6 Å². The number of hydrogen-bond donors (Lipinski definition) is 4. The van der Waals surface area contributed by atoms with Crippen LogP contribution >= 0.6 is 11.3 Å². The molecular weight excluding hydrogens is 354 g/mol. The zero-order chi connectivity index (χ0) is 18.7. The summed E-state index contributed by atoms with van der Waals surface area (Å²) < 4.78 is 0. The monoisotopic (exact) mass is 369 g/mol. The van der Waals surface area contributed by atoms with Gasteiger partial charge >= 0.3 is 5.97 Å². The number of phenols is 1. The third kappa shape index (κ3) is 3.98. The molecule has 26 heavy (non-hydrogen) atoms. The van der Waals surface area contributed by atoms with Crippen molar-refractivity contribution < 1.29 is 19.8 Å². The summed E-state index contributed by atoms with van der Waals surface area (Å²) in [5.41, 5.74) is 2.75. The summed E-state index contributed by atoms with van der Waals surface area (Å²) in [6.45, 7) is 1.45. The Labute approximate surface area is 153 Å². The van der Waals surface area contributed by atoms with E-state index in [9.17, 15) is 14.7 Å². The lowest BCUT2D eigenvalue weighted by atomic mass is 10.1. The number of aromatic nitrogens is 1. The number of carboxylic acid groups (broad SMARTS) is 1. The van der Waals surface area contributed by atoms with Crippen LogP contribution in [-0.4, -0.2) is 27.1 Å². The number of carbonyl (C=O) groups is 2. The number of benzene rings is 2. The van der Waals surface area contributed by atoms with Gasteiger partial charge in [-0.15, -0.1) is 11.3 Å². The van der Waals surface area contributed by atoms with E-state index >= 15 is 0 Å². The van der Waals surface area contributed by atoms with Gasteiger partial charge in [0.15, 0.2) is 5.13 Å². The zero-order valence-corrected chi connectivity index (χ0v) is 14.5. The van der Waals surface area contributed by atoms with Crippen molar-refractivity contribution in [2.45, 2.75) is 6.92 Å². The van der Waals surface area contributed by atoms with Gasteiger partial charge in [0.05, 0.1) is 5.69 Å². The number of aromatic carboxylic acids is 1. The zero-order valence-electron chi connectivity index (χ0n) is 13.7. The molecule has 0 unspecified atom stereocenters. The molecule has 0 spiro atoms. The summed E-state index contributed by atoms with van der Waals surface area (Å²) in [6, 6.07) is 11.5. The number of carbonyl (C=O) groups excluding carboxylic acids is 1. The predicted octanol–water partition coefficient (Wildman–Crippen LogP) is 3.92. The van der Waals surface area contributed by atoms with Crippen LogP contribution in [0.1, 0.15) is 17.3 Å². The van der Waals surface area contributed by atoms with Crippen LogP contribution in [0.5, 0.6) is 5.75 Å². The molecular formula is C18H15N3O4S. The van der Waals surface area contributed by atoms with Crippen LogP contribution in [0.15, 0.2) is 47.8 Å². The lowest BCUT2D eigenvalue weighted by Gasteiger charge is -2.05. The van der Waals surface area contributed by atoms with Gasteiger partial charge in [-0.3, -0.25) is 4.79 Å². The Morgan fingerprint density at radius 3 is 2.38 bits per heavy atom. The number of aromatic hydroxyl groups is 1. The summed E-state index contributed by atoms with van der Waals surface area (Å²) in [7, 11) is 0. The number of nitrogens with one attached hydrogen (secondary N) is 2. The Morgan fingerprint density at radius 1 is 1.08 bits per heavy atom. The molecule has 0 radical (unpaired) electrons. The van der Waals surface area contributed by atoms with Crippen LogP contribution in [0.25, 0.3) is 11.3 Å². The number of thiazole rings is 1. The molecule has 132 valence electrons. The first-order valence-electron chi connectivity index (χ1n) is 7.59. The third-order valence-corrected chi connectivity index (χ3v) is 4.24. The number of carboxylic acids is 1. The van der Waals surface area contributed by atoms with E-state index in [0.29, 0.717) is 16.5 Å². The summed E-state index contributed by atoms with van der Waals surface area (Å²) in [5.74, 6) is -1.63. The highest BCUT2D eigenvalue weighted by Crippen LogP contribution is 2.29. The maximum atomic E-state index is 11.0. The van der Waals surface area contributed by atoms with Crippen LogP contribution in [0.4, 0.5) is 16.5 Å². The lowest BCUT2D eigenvalue weighted by Crippen LogP contribution is -2.05. The van der Waals surface area contributed by atoms with Gasteiger partial charge in [-0.05, 0) is 24.3 Å². The second-order valence-corrected chi connectivity index (χ2v) is 6.32. The number of amides is 1. The molecule has 0 aliphatic rings. The van der Waals surface area contributed by atoms with Gasteiger partial charge in [-0.2, -0.15) is 0 Å². The van der Waals surface area contributed by atoms with Crippen molar-refractivity contribution >= 4 is 39.7 Å². The molecule has 0 aliphatic carbocycles. The van der Waals surface area contributed by atoms with E-state index in [1.165, 1.54) is 30.4 Å².